The van der Waals surface area contributed by atoms with Gasteiger partial charge in [-0.2, -0.15) is 5.26 Å². The zero-order valence-corrected chi connectivity index (χ0v) is 10.5. The third-order valence-corrected chi connectivity index (χ3v) is 3.46. The van der Waals surface area contributed by atoms with E-state index in [0.717, 1.165) is 24.3 Å². The molecule has 1 N–H and O–H groups in total. The van der Waals surface area contributed by atoms with Gasteiger partial charge in [-0.25, -0.2) is 0 Å². The summed E-state index contributed by atoms with van der Waals surface area (Å²) in [5, 5.41) is 12.5. The molecule has 3 nitrogen and oxygen atoms in total. The molecule has 0 spiro atoms. The minimum atomic E-state index is 0.521. The number of nitrogens with zero attached hydrogens (tertiary/aromatic N) is 2. The van der Waals surface area contributed by atoms with E-state index in [-0.39, 0.29) is 0 Å². The Morgan fingerprint density at radius 2 is 2.35 bits per heavy atom. The molecule has 1 aromatic rings. The summed E-state index contributed by atoms with van der Waals surface area (Å²) in [5.74, 6) is 0. The summed E-state index contributed by atoms with van der Waals surface area (Å²) in [5.41, 5.74) is 3.13. The molecule has 1 atom stereocenters. The third kappa shape index (κ3) is 2.27. The summed E-state index contributed by atoms with van der Waals surface area (Å²) in [6, 6.07) is 8.80. The number of likely N-dealkylation sites (N-methyl/N-ethyl adjacent to an activating group) is 1. The van der Waals surface area contributed by atoms with Crippen LogP contribution in [0.4, 0.5) is 5.69 Å². The van der Waals surface area contributed by atoms with Gasteiger partial charge < -0.3 is 10.2 Å². The van der Waals surface area contributed by atoms with Gasteiger partial charge in [0.1, 0.15) is 6.07 Å². The van der Waals surface area contributed by atoms with Gasteiger partial charge in [0.25, 0.3) is 0 Å². The van der Waals surface area contributed by atoms with Crippen LogP contribution in [0.1, 0.15) is 24.0 Å². The van der Waals surface area contributed by atoms with E-state index in [9.17, 15) is 5.26 Å². The van der Waals surface area contributed by atoms with Crippen molar-refractivity contribution >= 4 is 5.69 Å². The molecular formula is C14H19N3. The van der Waals surface area contributed by atoms with Crippen molar-refractivity contribution in [3.8, 4) is 6.07 Å². The fourth-order valence-corrected chi connectivity index (χ4v) is 2.71. The first-order valence-corrected chi connectivity index (χ1v) is 6.19. The molecule has 1 unspecified atom stereocenters. The van der Waals surface area contributed by atoms with E-state index in [1.807, 2.05) is 19.2 Å². The summed E-state index contributed by atoms with van der Waals surface area (Å²) in [6.45, 7) is 4.13. The molecule has 0 aliphatic carbocycles. The second kappa shape index (κ2) is 5.20. The molecule has 17 heavy (non-hydrogen) atoms. The topological polar surface area (TPSA) is 39.1 Å². The maximum Gasteiger partial charge on any atom is 0.101 e. The fraction of sp³-hybridized carbons (Fsp3) is 0.500. The van der Waals surface area contributed by atoms with Crippen LogP contribution < -0.4 is 10.2 Å². The molecule has 1 aromatic carbocycles. The van der Waals surface area contributed by atoms with E-state index in [4.69, 9.17) is 0 Å². The lowest BCUT2D eigenvalue weighted by atomic mass is 10.1. The summed E-state index contributed by atoms with van der Waals surface area (Å²) >= 11 is 0. The summed E-state index contributed by atoms with van der Waals surface area (Å²) in [7, 11) is 1.99. The lowest BCUT2D eigenvalue weighted by Gasteiger charge is -2.29. The maximum absolute atomic E-state index is 9.23. The first-order valence-electron chi connectivity index (χ1n) is 6.19. The van der Waals surface area contributed by atoms with Crippen LogP contribution in [0.5, 0.6) is 0 Å². The van der Waals surface area contributed by atoms with E-state index in [0.29, 0.717) is 6.04 Å². The number of rotatable bonds is 3. The van der Waals surface area contributed by atoms with Crippen LogP contribution in [-0.2, 0) is 0 Å². The molecule has 90 valence electrons. The van der Waals surface area contributed by atoms with Gasteiger partial charge in [-0.1, -0.05) is 12.1 Å². The van der Waals surface area contributed by atoms with Crippen LogP contribution in [0.3, 0.4) is 0 Å². The Bertz CT molecular complexity index is 434. The van der Waals surface area contributed by atoms with Crippen LogP contribution in [-0.4, -0.2) is 26.2 Å². The van der Waals surface area contributed by atoms with Gasteiger partial charge in [0.15, 0.2) is 0 Å². The molecule has 1 aliphatic rings. The Kier molecular flexibility index (Phi) is 3.65. The standard InChI is InChI=1S/C14H19N3/c1-11-5-3-6-12(9-15)14(11)17-8-4-7-13(17)10-16-2/h3,5-6,13,16H,4,7-8,10H2,1-2H3. The van der Waals surface area contributed by atoms with Gasteiger partial charge in [-0.05, 0) is 38.4 Å². The van der Waals surface area contributed by atoms with E-state index < -0.39 is 0 Å². The predicted molar refractivity (Wildman–Crippen MR) is 70.2 cm³/mol. The van der Waals surface area contributed by atoms with Gasteiger partial charge in [-0.3, -0.25) is 0 Å². The highest BCUT2D eigenvalue weighted by Crippen LogP contribution is 2.31. The predicted octanol–water partition coefficient (Wildman–Crippen LogP) is 2.05. The van der Waals surface area contributed by atoms with Crippen LogP contribution in [0.25, 0.3) is 0 Å². The van der Waals surface area contributed by atoms with E-state index in [2.05, 4.69) is 29.3 Å². The Labute approximate surface area is 103 Å². The van der Waals surface area contributed by atoms with Crippen LogP contribution >= 0.6 is 0 Å². The number of anilines is 1. The van der Waals surface area contributed by atoms with E-state index in [1.54, 1.807) is 0 Å². The molecule has 2 rings (SSSR count). The Hall–Kier alpha value is -1.53. The Morgan fingerprint density at radius 3 is 3.06 bits per heavy atom. The lowest BCUT2D eigenvalue weighted by molar-refractivity contribution is 0.614. The maximum atomic E-state index is 9.23. The number of benzene rings is 1. The largest absolute Gasteiger partial charge is 0.366 e. The summed E-state index contributed by atoms with van der Waals surface area (Å²) < 4.78 is 0. The molecule has 0 amide bonds. The first-order chi connectivity index (χ1) is 8.27. The van der Waals surface area contributed by atoms with Crippen LogP contribution in [0.2, 0.25) is 0 Å². The number of nitrogens with one attached hydrogen (secondary N) is 1. The molecule has 1 aliphatic heterocycles. The highest BCUT2D eigenvalue weighted by Gasteiger charge is 2.26. The highest BCUT2D eigenvalue weighted by molar-refractivity contribution is 5.65. The van der Waals surface area contributed by atoms with E-state index in [1.165, 1.54) is 18.4 Å². The Balaban J connectivity index is 2.36. The minimum Gasteiger partial charge on any atom is -0.366 e. The molecule has 1 saturated heterocycles. The lowest BCUT2D eigenvalue weighted by Crippen LogP contribution is -2.37. The van der Waals surface area contributed by atoms with Crippen molar-refractivity contribution in [2.45, 2.75) is 25.8 Å². The molecule has 3 heteroatoms. The van der Waals surface area contributed by atoms with Crippen molar-refractivity contribution in [3.63, 3.8) is 0 Å². The number of aryl methyl sites for hydroxylation is 1. The van der Waals surface area contributed by atoms with Crippen molar-refractivity contribution in [2.24, 2.45) is 0 Å². The van der Waals surface area contributed by atoms with E-state index >= 15 is 0 Å². The van der Waals surface area contributed by atoms with Crippen molar-refractivity contribution in [2.75, 3.05) is 25.0 Å². The normalized spacial score (nSPS) is 19.4. The molecule has 0 radical (unpaired) electrons. The van der Waals surface area contributed by atoms with Gasteiger partial charge in [-0.15, -0.1) is 0 Å². The summed E-state index contributed by atoms with van der Waals surface area (Å²) in [4.78, 5) is 2.39. The second-order valence-corrected chi connectivity index (χ2v) is 4.63. The van der Waals surface area contributed by atoms with Gasteiger partial charge in [0.05, 0.1) is 11.3 Å². The zero-order valence-electron chi connectivity index (χ0n) is 10.5. The number of para-hydroxylation sites is 1. The van der Waals surface area contributed by atoms with Crippen LogP contribution in [0, 0.1) is 18.3 Å². The third-order valence-electron chi connectivity index (χ3n) is 3.46. The van der Waals surface area contributed by atoms with Crippen molar-refractivity contribution in [3.05, 3.63) is 29.3 Å². The average molecular weight is 229 g/mol. The molecule has 0 aromatic heterocycles. The molecule has 0 bridgehead atoms. The van der Waals surface area contributed by atoms with Gasteiger partial charge in [0.2, 0.25) is 0 Å². The zero-order chi connectivity index (χ0) is 12.3. The highest BCUT2D eigenvalue weighted by atomic mass is 15.2. The summed E-state index contributed by atoms with van der Waals surface area (Å²) in [6.07, 6.45) is 2.42. The van der Waals surface area contributed by atoms with Crippen molar-refractivity contribution in [1.82, 2.24) is 5.32 Å². The second-order valence-electron chi connectivity index (χ2n) is 4.63. The average Bonchev–Trinajstić information content (AvgIpc) is 2.77. The van der Waals surface area contributed by atoms with Gasteiger partial charge >= 0.3 is 0 Å². The SMILES string of the molecule is CNCC1CCCN1c1c(C)cccc1C#N. The monoisotopic (exact) mass is 229 g/mol. The Morgan fingerprint density at radius 1 is 1.53 bits per heavy atom. The number of hydrogen-bond donors (Lipinski definition) is 1. The molecular weight excluding hydrogens is 210 g/mol. The first kappa shape index (κ1) is 11.9. The number of hydrogen-bond acceptors (Lipinski definition) is 3. The van der Waals surface area contributed by atoms with Crippen LogP contribution in [0.15, 0.2) is 18.2 Å². The minimum absolute atomic E-state index is 0.521. The molecule has 1 heterocycles. The number of nitriles is 1. The molecule has 0 saturated carbocycles. The van der Waals surface area contributed by atoms with Crippen molar-refractivity contribution in [1.29, 1.82) is 5.26 Å². The molecule has 1 fully saturated rings. The quantitative estimate of drug-likeness (QED) is 0.862. The van der Waals surface area contributed by atoms with Crippen molar-refractivity contribution < 1.29 is 0 Å². The fourth-order valence-electron chi connectivity index (χ4n) is 2.71. The van der Waals surface area contributed by atoms with Gasteiger partial charge in [0, 0.05) is 19.1 Å². The smallest absolute Gasteiger partial charge is 0.101 e.